The molecule has 0 amide bonds. The Morgan fingerprint density at radius 1 is 1.03 bits per heavy atom. The molecule has 1 aliphatic carbocycles. The number of nitrogens with zero attached hydrogens (tertiary/aromatic N) is 3. The molecule has 8 nitrogen and oxygen atoms in total. The highest BCUT2D eigenvalue weighted by molar-refractivity contribution is 5.70. The topological polar surface area (TPSA) is 102 Å². The summed E-state index contributed by atoms with van der Waals surface area (Å²) in [5, 5.41) is 16.5. The van der Waals surface area contributed by atoms with Crippen molar-refractivity contribution in [2.45, 2.75) is 38.0 Å². The van der Waals surface area contributed by atoms with Crippen LogP contribution >= 0.6 is 0 Å². The lowest BCUT2D eigenvalue weighted by molar-refractivity contribution is -0.383. The van der Waals surface area contributed by atoms with Crippen molar-refractivity contribution in [3.8, 4) is 5.75 Å². The summed E-state index contributed by atoms with van der Waals surface area (Å²) in [6, 6.07) is 12.3. The summed E-state index contributed by atoms with van der Waals surface area (Å²) in [7, 11) is 0. The quantitative estimate of drug-likeness (QED) is 0.320. The largest absolute Gasteiger partial charge is 0.490 e. The Labute approximate surface area is 187 Å². The first kappa shape index (κ1) is 22.3. The van der Waals surface area contributed by atoms with Crippen molar-refractivity contribution in [2.24, 2.45) is 0 Å². The van der Waals surface area contributed by atoms with Gasteiger partial charge in [0.25, 0.3) is 5.69 Å². The minimum absolute atomic E-state index is 0.103. The van der Waals surface area contributed by atoms with Crippen LogP contribution in [0.2, 0.25) is 0 Å². The lowest BCUT2D eigenvalue weighted by atomic mass is 10.2. The first-order valence-corrected chi connectivity index (χ1v) is 10.3. The number of halogens is 3. The molecule has 0 spiro atoms. The smallest absolute Gasteiger partial charge is 0.421 e. The Bertz CT molecular complexity index is 1130. The molecule has 33 heavy (non-hydrogen) atoms. The monoisotopic (exact) mass is 459 g/mol. The van der Waals surface area contributed by atoms with Crippen LogP contribution in [0.3, 0.4) is 0 Å². The zero-order chi connectivity index (χ0) is 23.4. The van der Waals surface area contributed by atoms with E-state index in [0.717, 1.165) is 25.7 Å². The molecular weight excluding hydrogens is 439 g/mol. The van der Waals surface area contributed by atoms with Gasteiger partial charge >= 0.3 is 6.18 Å². The number of nitro groups is 1. The van der Waals surface area contributed by atoms with Crippen molar-refractivity contribution >= 4 is 28.8 Å². The van der Waals surface area contributed by atoms with Gasteiger partial charge in [-0.25, -0.2) is 4.98 Å². The van der Waals surface area contributed by atoms with Crippen LogP contribution in [0.15, 0.2) is 54.7 Å². The molecule has 0 unspecified atom stereocenters. The van der Waals surface area contributed by atoms with Crippen molar-refractivity contribution in [2.75, 3.05) is 10.6 Å². The van der Waals surface area contributed by atoms with E-state index >= 15 is 0 Å². The lowest BCUT2D eigenvalue weighted by Crippen LogP contribution is -2.13. The standard InChI is InChI=1S/C22H20F3N5O3/c23-22(24,25)17-13-26-21(29-20(17)28-18-7-3-4-8-19(18)30(31)32)27-14-9-11-16(12-10-14)33-15-5-1-2-6-15/h3-4,7-13,15H,1-2,5-6H2,(H2,26,27,28,29). The van der Waals surface area contributed by atoms with Gasteiger partial charge in [-0.2, -0.15) is 18.2 Å². The van der Waals surface area contributed by atoms with Crippen molar-refractivity contribution in [3.63, 3.8) is 0 Å². The maximum absolute atomic E-state index is 13.5. The highest BCUT2D eigenvalue weighted by atomic mass is 19.4. The van der Waals surface area contributed by atoms with Gasteiger partial charge in [-0.3, -0.25) is 10.1 Å². The van der Waals surface area contributed by atoms with E-state index in [-0.39, 0.29) is 23.4 Å². The van der Waals surface area contributed by atoms with Gasteiger partial charge in [-0.1, -0.05) is 12.1 Å². The highest BCUT2D eigenvalue weighted by Crippen LogP contribution is 2.37. The van der Waals surface area contributed by atoms with Crippen LogP contribution in [0, 0.1) is 10.1 Å². The van der Waals surface area contributed by atoms with E-state index in [1.54, 1.807) is 24.3 Å². The lowest BCUT2D eigenvalue weighted by Gasteiger charge is -2.15. The normalized spacial score (nSPS) is 14.2. The van der Waals surface area contributed by atoms with Crippen molar-refractivity contribution < 1.29 is 22.8 Å². The summed E-state index contributed by atoms with van der Waals surface area (Å²) in [5.74, 6) is 0.00330. The van der Waals surface area contributed by atoms with Crippen molar-refractivity contribution in [3.05, 3.63) is 70.4 Å². The van der Waals surface area contributed by atoms with E-state index in [2.05, 4.69) is 20.6 Å². The molecule has 4 rings (SSSR count). The van der Waals surface area contributed by atoms with Gasteiger partial charge in [-0.15, -0.1) is 0 Å². The number of nitrogens with one attached hydrogen (secondary N) is 2. The maximum atomic E-state index is 13.5. The molecule has 2 aromatic carbocycles. The number of hydrogen-bond acceptors (Lipinski definition) is 7. The Morgan fingerprint density at radius 2 is 1.73 bits per heavy atom. The van der Waals surface area contributed by atoms with E-state index in [9.17, 15) is 23.3 Å². The number of hydrogen-bond donors (Lipinski definition) is 2. The minimum atomic E-state index is -4.76. The zero-order valence-corrected chi connectivity index (χ0v) is 17.3. The van der Waals surface area contributed by atoms with Crippen LogP contribution in [0.5, 0.6) is 5.75 Å². The third kappa shape index (κ3) is 5.48. The molecule has 1 aliphatic rings. The average Bonchev–Trinajstić information content (AvgIpc) is 3.28. The van der Waals surface area contributed by atoms with Crippen LogP contribution in [0.1, 0.15) is 31.2 Å². The predicted molar refractivity (Wildman–Crippen MR) is 116 cm³/mol. The molecule has 172 valence electrons. The van der Waals surface area contributed by atoms with Crippen LogP contribution in [0.4, 0.5) is 42.0 Å². The van der Waals surface area contributed by atoms with Crippen molar-refractivity contribution in [1.82, 2.24) is 9.97 Å². The summed E-state index contributed by atoms with van der Waals surface area (Å²) in [6.45, 7) is 0. The third-order valence-electron chi connectivity index (χ3n) is 5.16. The maximum Gasteiger partial charge on any atom is 0.421 e. The van der Waals surface area contributed by atoms with E-state index < -0.39 is 22.5 Å². The van der Waals surface area contributed by atoms with E-state index in [1.807, 2.05) is 0 Å². The first-order chi connectivity index (χ1) is 15.8. The van der Waals surface area contributed by atoms with Crippen LogP contribution in [-0.2, 0) is 6.18 Å². The molecule has 1 heterocycles. The van der Waals surface area contributed by atoms with Gasteiger partial charge < -0.3 is 15.4 Å². The van der Waals surface area contributed by atoms with Gasteiger partial charge in [0.2, 0.25) is 5.95 Å². The van der Waals surface area contributed by atoms with E-state index in [4.69, 9.17) is 4.74 Å². The van der Waals surface area contributed by atoms with Crippen LogP contribution in [0.25, 0.3) is 0 Å². The summed E-state index contributed by atoms with van der Waals surface area (Å²) in [6.07, 6.45) is 0.422. The van der Waals surface area contributed by atoms with E-state index in [0.29, 0.717) is 17.6 Å². The molecule has 0 saturated heterocycles. The molecule has 11 heteroatoms. The van der Waals surface area contributed by atoms with Gasteiger partial charge in [0.1, 0.15) is 22.8 Å². The molecule has 2 N–H and O–H groups in total. The fourth-order valence-electron chi connectivity index (χ4n) is 3.56. The summed E-state index contributed by atoms with van der Waals surface area (Å²) >= 11 is 0. The number of anilines is 4. The van der Waals surface area contributed by atoms with Crippen LogP contribution in [-0.4, -0.2) is 21.0 Å². The molecule has 1 aromatic heterocycles. The average molecular weight is 459 g/mol. The number of rotatable bonds is 7. The SMILES string of the molecule is O=[N+]([O-])c1ccccc1Nc1nc(Nc2ccc(OC3CCCC3)cc2)ncc1C(F)(F)F. The number of nitro benzene ring substituents is 1. The molecule has 0 aliphatic heterocycles. The van der Waals surface area contributed by atoms with Gasteiger partial charge in [-0.05, 0) is 56.0 Å². The highest BCUT2D eigenvalue weighted by Gasteiger charge is 2.36. The van der Waals surface area contributed by atoms with Gasteiger partial charge in [0.05, 0.1) is 11.0 Å². The molecular formula is C22H20F3N5O3. The number of ether oxygens (including phenoxy) is 1. The zero-order valence-electron chi connectivity index (χ0n) is 17.3. The second-order valence-electron chi connectivity index (χ2n) is 7.53. The Morgan fingerprint density at radius 3 is 2.39 bits per heavy atom. The minimum Gasteiger partial charge on any atom is -0.490 e. The Balaban J connectivity index is 1.56. The number of alkyl halides is 3. The number of benzene rings is 2. The fraction of sp³-hybridized carbons (Fsp3) is 0.273. The molecule has 0 radical (unpaired) electrons. The molecule has 1 fully saturated rings. The predicted octanol–water partition coefficient (Wildman–Crippen LogP) is 6.21. The van der Waals surface area contributed by atoms with Gasteiger partial charge in [0, 0.05) is 18.0 Å². The van der Waals surface area contributed by atoms with E-state index in [1.165, 1.54) is 24.3 Å². The fourth-order valence-corrected chi connectivity index (χ4v) is 3.56. The molecule has 0 bridgehead atoms. The molecule has 0 atom stereocenters. The summed E-state index contributed by atoms with van der Waals surface area (Å²) in [4.78, 5) is 18.2. The van der Waals surface area contributed by atoms with Crippen molar-refractivity contribution in [1.29, 1.82) is 0 Å². The molecule has 3 aromatic rings. The first-order valence-electron chi connectivity index (χ1n) is 10.3. The Kier molecular flexibility index (Phi) is 6.29. The third-order valence-corrected chi connectivity index (χ3v) is 5.16. The molecule has 1 saturated carbocycles. The van der Waals surface area contributed by atoms with Gasteiger partial charge in [0.15, 0.2) is 0 Å². The summed E-state index contributed by atoms with van der Waals surface area (Å²) < 4.78 is 46.4. The number of aromatic nitrogens is 2. The summed E-state index contributed by atoms with van der Waals surface area (Å²) in [5.41, 5.74) is -1.10. The second-order valence-corrected chi connectivity index (χ2v) is 7.53. The van der Waals surface area contributed by atoms with Crippen LogP contribution < -0.4 is 15.4 Å². The Hall–Kier alpha value is -3.89. The number of para-hydroxylation sites is 2. The second kappa shape index (κ2) is 9.31.